The number of hydrogen-bond donors (Lipinski definition) is 2. The van der Waals surface area contributed by atoms with Crippen molar-refractivity contribution in [1.82, 2.24) is 5.32 Å². The highest BCUT2D eigenvalue weighted by molar-refractivity contribution is 6.33. The van der Waals surface area contributed by atoms with Crippen LogP contribution in [0.15, 0.2) is 12.1 Å². The fraction of sp³-hybridized carbons (Fsp3) is 0.500. The van der Waals surface area contributed by atoms with E-state index in [0.717, 1.165) is 19.4 Å². The molecular formula is C14H18ClN3O3. The van der Waals surface area contributed by atoms with Crippen molar-refractivity contribution in [3.05, 3.63) is 32.8 Å². The highest BCUT2D eigenvalue weighted by atomic mass is 35.5. The summed E-state index contributed by atoms with van der Waals surface area (Å²) in [6.07, 6.45) is 1.76. The zero-order valence-electron chi connectivity index (χ0n) is 12.0. The number of halogens is 1. The maximum absolute atomic E-state index is 12.4. The number of nitrogens with zero attached hydrogens (tertiary/aromatic N) is 1. The van der Waals surface area contributed by atoms with Crippen LogP contribution in [0, 0.1) is 22.5 Å². The van der Waals surface area contributed by atoms with Gasteiger partial charge in [0.15, 0.2) is 0 Å². The summed E-state index contributed by atoms with van der Waals surface area (Å²) in [5, 5.41) is 16.9. The van der Waals surface area contributed by atoms with Crippen LogP contribution in [0.25, 0.3) is 0 Å². The van der Waals surface area contributed by atoms with E-state index in [-0.39, 0.29) is 16.6 Å². The second-order valence-corrected chi connectivity index (χ2v) is 6.08. The summed E-state index contributed by atoms with van der Waals surface area (Å²) in [6.45, 7) is 5.17. The van der Waals surface area contributed by atoms with Crippen LogP contribution >= 0.6 is 11.6 Å². The number of aryl methyl sites for hydroxylation is 1. The van der Waals surface area contributed by atoms with Crippen LogP contribution < -0.4 is 10.6 Å². The minimum Gasteiger partial charge on any atom is -0.325 e. The van der Waals surface area contributed by atoms with Gasteiger partial charge in [-0.25, -0.2) is 0 Å². The molecule has 1 saturated heterocycles. The second-order valence-electron chi connectivity index (χ2n) is 5.67. The number of benzene rings is 1. The average molecular weight is 312 g/mol. The predicted molar refractivity (Wildman–Crippen MR) is 81.7 cm³/mol. The van der Waals surface area contributed by atoms with E-state index >= 15 is 0 Å². The number of rotatable bonds is 3. The third-order valence-corrected chi connectivity index (χ3v) is 4.19. The molecule has 0 saturated carbocycles. The Hall–Kier alpha value is -1.66. The van der Waals surface area contributed by atoms with Crippen LogP contribution in [-0.2, 0) is 4.79 Å². The Morgan fingerprint density at radius 3 is 2.81 bits per heavy atom. The lowest BCUT2D eigenvalue weighted by Gasteiger charge is -2.32. The minimum absolute atomic E-state index is 0.0211. The molecule has 0 bridgehead atoms. The lowest BCUT2D eigenvalue weighted by molar-refractivity contribution is -0.384. The molecule has 1 unspecified atom stereocenters. The zero-order valence-corrected chi connectivity index (χ0v) is 12.8. The molecule has 1 aliphatic heterocycles. The van der Waals surface area contributed by atoms with Crippen molar-refractivity contribution in [2.45, 2.75) is 26.7 Å². The molecule has 0 spiro atoms. The van der Waals surface area contributed by atoms with Crippen molar-refractivity contribution in [3.8, 4) is 0 Å². The van der Waals surface area contributed by atoms with E-state index in [1.54, 1.807) is 6.92 Å². The van der Waals surface area contributed by atoms with Gasteiger partial charge in [0, 0.05) is 18.3 Å². The quantitative estimate of drug-likeness (QED) is 0.664. The van der Waals surface area contributed by atoms with Gasteiger partial charge in [-0.15, -0.1) is 0 Å². The predicted octanol–water partition coefficient (Wildman–Crippen LogP) is 2.88. The molecule has 1 aromatic rings. The van der Waals surface area contributed by atoms with Crippen LogP contribution in [-0.4, -0.2) is 23.9 Å². The maximum atomic E-state index is 12.4. The lowest BCUT2D eigenvalue weighted by Crippen LogP contribution is -2.46. The Morgan fingerprint density at radius 1 is 1.52 bits per heavy atom. The second kappa shape index (κ2) is 5.99. The summed E-state index contributed by atoms with van der Waals surface area (Å²) in [7, 11) is 0. The van der Waals surface area contributed by atoms with E-state index in [9.17, 15) is 14.9 Å². The molecule has 21 heavy (non-hydrogen) atoms. The molecule has 1 aromatic carbocycles. The van der Waals surface area contributed by atoms with E-state index in [0.29, 0.717) is 17.8 Å². The average Bonchev–Trinajstić information content (AvgIpc) is 2.43. The summed E-state index contributed by atoms with van der Waals surface area (Å²) in [4.78, 5) is 22.7. The summed E-state index contributed by atoms with van der Waals surface area (Å²) in [5.74, 6) is -0.0947. The largest absolute Gasteiger partial charge is 0.325 e. The van der Waals surface area contributed by atoms with Gasteiger partial charge in [-0.1, -0.05) is 11.6 Å². The maximum Gasteiger partial charge on any atom is 0.288 e. The van der Waals surface area contributed by atoms with Crippen molar-refractivity contribution in [2.24, 2.45) is 5.41 Å². The van der Waals surface area contributed by atoms with Gasteiger partial charge in [0.1, 0.15) is 5.02 Å². The van der Waals surface area contributed by atoms with Gasteiger partial charge in [-0.05, 0) is 44.9 Å². The number of hydrogen-bond acceptors (Lipinski definition) is 4. The van der Waals surface area contributed by atoms with E-state index in [1.807, 2.05) is 6.92 Å². The standard InChI is InChI=1S/C14H18ClN3O3/c1-9-6-12(18(20)21)10(15)7-11(9)17-13(19)14(2)4-3-5-16-8-14/h6-7,16H,3-5,8H2,1-2H3,(H,17,19). The molecule has 1 amide bonds. The molecule has 1 fully saturated rings. The monoisotopic (exact) mass is 311 g/mol. The summed E-state index contributed by atoms with van der Waals surface area (Å²) < 4.78 is 0. The van der Waals surface area contributed by atoms with Crippen LogP contribution in [0.5, 0.6) is 0 Å². The first kappa shape index (κ1) is 15.7. The smallest absolute Gasteiger partial charge is 0.288 e. The molecule has 0 aliphatic carbocycles. The van der Waals surface area contributed by atoms with Crippen LogP contribution in [0.2, 0.25) is 5.02 Å². The number of carbonyl (C=O) groups is 1. The molecule has 2 N–H and O–H groups in total. The first-order valence-corrected chi connectivity index (χ1v) is 7.18. The molecule has 7 heteroatoms. The van der Waals surface area contributed by atoms with Gasteiger partial charge in [0.2, 0.25) is 5.91 Å². The number of amides is 1. The lowest BCUT2D eigenvalue weighted by atomic mass is 9.82. The topological polar surface area (TPSA) is 84.3 Å². The number of anilines is 1. The number of nitro benzene ring substituents is 1. The highest BCUT2D eigenvalue weighted by Gasteiger charge is 2.35. The van der Waals surface area contributed by atoms with E-state index in [1.165, 1.54) is 12.1 Å². The first-order chi connectivity index (χ1) is 9.83. The van der Waals surface area contributed by atoms with Crippen molar-refractivity contribution in [2.75, 3.05) is 18.4 Å². The van der Waals surface area contributed by atoms with Gasteiger partial charge in [-0.3, -0.25) is 14.9 Å². The Bertz CT molecular complexity index is 583. The summed E-state index contributed by atoms with van der Waals surface area (Å²) in [6, 6.07) is 2.81. The van der Waals surface area contributed by atoms with Crippen LogP contribution in [0.1, 0.15) is 25.3 Å². The third kappa shape index (κ3) is 3.33. The summed E-state index contributed by atoms with van der Waals surface area (Å²) >= 11 is 5.89. The number of nitro groups is 1. The van der Waals surface area contributed by atoms with E-state index in [4.69, 9.17) is 11.6 Å². The number of carbonyl (C=O) groups excluding carboxylic acids is 1. The Morgan fingerprint density at radius 2 is 2.24 bits per heavy atom. The van der Waals surface area contributed by atoms with Gasteiger partial charge in [0.25, 0.3) is 5.69 Å². The Labute approximate surface area is 128 Å². The van der Waals surface area contributed by atoms with Gasteiger partial charge in [-0.2, -0.15) is 0 Å². The molecule has 114 valence electrons. The molecule has 2 rings (SSSR count). The van der Waals surface area contributed by atoms with Gasteiger partial charge in [0.05, 0.1) is 10.3 Å². The van der Waals surface area contributed by atoms with Crippen molar-refractivity contribution in [1.29, 1.82) is 0 Å². The van der Waals surface area contributed by atoms with Gasteiger partial charge >= 0.3 is 0 Å². The van der Waals surface area contributed by atoms with Crippen molar-refractivity contribution < 1.29 is 9.72 Å². The molecular weight excluding hydrogens is 294 g/mol. The summed E-state index contributed by atoms with van der Waals surface area (Å²) in [5.41, 5.74) is 0.505. The molecule has 6 nitrogen and oxygen atoms in total. The first-order valence-electron chi connectivity index (χ1n) is 6.80. The van der Waals surface area contributed by atoms with Crippen LogP contribution in [0.3, 0.4) is 0 Å². The number of nitrogens with one attached hydrogen (secondary N) is 2. The van der Waals surface area contributed by atoms with Crippen LogP contribution in [0.4, 0.5) is 11.4 Å². The SMILES string of the molecule is Cc1cc([N+](=O)[O-])c(Cl)cc1NC(=O)C1(C)CCCNC1. The molecule has 1 heterocycles. The van der Waals surface area contributed by atoms with Crippen molar-refractivity contribution >= 4 is 28.9 Å². The minimum atomic E-state index is -0.534. The molecule has 0 radical (unpaired) electrons. The fourth-order valence-corrected chi connectivity index (χ4v) is 2.70. The van der Waals surface area contributed by atoms with E-state index in [2.05, 4.69) is 10.6 Å². The van der Waals surface area contributed by atoms with E-state index < -0.39 is 10.3 Å². The molecule has 1 aliphatic rings. The Kier molecular flexibility index (Phi) is 4.49. The van der Waals surface area contributed by atoms with Gasteiger partial charge < -0.3 is 10.6 Å². The zero-order chi connectivity index (χ0) is 15.6. The molecule has 1 atom stereocenters. The van der Waals surface area contributed by atoms with Crippen molar-refractivity contribution in [3.63, 3.8) is 0 Å². The molecule has 0 aromatic heterocycles. The highest BCUT2D eigenvalue weighted by Crippen LogP contribution is 2.32. The fourth-order valence-electron chi connectivity index (χ4n) is 2.46. The normalized spacial score (nSPS) is 21.9. The number of piperidine rings is 1. The Balaban J connectivity index is 2.21. The third-order valence-electron chi connectivity index (χ3n) is 3.88.